The van der Waals surface area contributed by atoms with E-state index in [0.29, 0.717) is 0 Å². The zero-order chi connectivity index (χ0) is 8.53. The highest BCUT2D eigenvalue weighted by molar-refractivity contribution is 5.19. The van der Waals surface area contributed by atoms with Gasteiger partial charge in [0.05, 0.1) is 0 Å². The quantitative estimate of drug-likeness (QED) is 0.522. The van der Waals surface area contributed by atoms with Crippen LogP contribution in [0.3, 0.4) is 0 Å². The number of hydrogen-bond acceptors (Lipinski definition) is 0. The van der Waals surface area contributed by atoms with E-state index in [2.05, 4.69) is 32.2 Å². The van der Waals surface area contributed by atoms with Crippen LogP contribution in [0.5, 0.6) is 0 Å². The van der Waals surface area contributed by atoms with Crippen molar-refractivity contribution in [3.8, 4) is 0 Å². The van der Waals surface area contributed by atoms with E-state index in [9.17, 15) is 0 Å². The molecule has 0 heterocycles. The van der Waals surface area contributed by atoms with Gasteiger partial charge < -0.3 is 0 Å². The van der Waals surface area contributed by atoms with Gasteiger partial charge in [0, 0.05) is 0 Å². The van der Waals surface area contributed by atoms with Crippen LogP contribution in [-0.4, -0.2) is 0 Å². The van der Waals surface area contributed by atoms with Crippen molar-refractivity contribution in [1.29, 1.82) is 0 Å². The number of hydrogen-bond donors (Lipinski definition) is 0. The molecule has 0 bridgehead atoms. The summed E-state index contributed by atoms with van der Waals surface area (Å²) in [5, 5.41) is 0. The third kappa shape index (κ3) is 5.41. The fourth-order valence-electron chi connectivity index (χ4n) is 0.813. The molecule has 0 spiro atoms. The summed E-state index contributed by atoms with van der Waals surface area (Å²) in [5.41, 5.74) is 1.28. The van der Waals surface area contributed by atoms with Crippen LogP contribution in [-0.2, 0) is 0 Å². The summed E-state index contributed by atoms with van der Waals surface area (Å²) in [6.07, 6.45) is 11.9. The van der Waals surface area contributed by atoms with Gasteiger partial charge in [-0.15, -0.1) is 0 Å². The summed E-state index contributed by atoms with van der Waals surface area (Å²) in [6.45, 7) is 9.45. The first-order valence-corrected chi connectivity index (χ1v) is 3.94. The molecule has 0 rings (SSSR count). The normalized spacial score (nSPS) is 11.9. The molecule has 0 aromatic carbocycles. The monoisotopic (exact) mass is 148 g/mol. The van der Waals surface area contributed by atoms with Crippen LogP contribution >= 0.6 is 0 Å². The molecule has 0 radical (unpaired) electrons. The predicted molar refractivity (Wildman–Crippen MR) is 52.5 cm³/mol. The van der Waals surface area contributed by atoms with Crippen molar-refractivity contribution >= 4 is 0 Å². The van der Waals surface area contributed by atoms with Crippen LogP contribution in [0.2, 0.25) is 0 Å². The first-order valence-electron chi connectivity index (χ1n) is 3.94. The molecule has 0 aromatic rings. The van der Waals surface area contributed by atoms with Gasteiger partial charge >= 0.3 is 0 Å². The van der Waals surface area contributed by atoms with Crippen LogP contribution in [0.25, 0.3) is 0 Å². The highest BCUT2D eigenvalue weighted by atomic mass is 13.9. The van der Waals surface area contributed by atoms with Crippen LogP contribution in [0.1, 0.15) is 19.8 Å². The number of allylic oxidation sites excluding steroid dienone is 6. The Labute approximate surface area is 69.6 Å². The summed E-state index contributed by atoms with van der Waals surface area (Å²) in [6, 6.07) is 0. The Morgan fingerprint density at radius 1 is 1.36 bits per heavy atom. The van der Waals surface area contributed by atoms with E-state index in [1.807, 2.05) is 12.2 Å². The van der Waals surface area contributed by atoms with Crippen molar-refractivity contribution in [3.63, 3.8) is 0 Å². The van der Waals surface area contributed by atoms with Gasteiger partial charge in [-0.2, -0.15) is 0 Å². The Bertz CT molecular complexity index is 170. The van der Waals surface area contributed by atoms with Gasteiger partial charge in [0.25, 0.3) is 0 Å². The minimum atomic E-state index is 0.962. The lowest BCUT2D eigenvalue weighted by Crippen LogP contribution is -1.73. The fourth-order valence-corrected chi connectivity index (χ4v) is 0.813. The molecule has 60 valence electrons. The van der Waals surface area contributed by atoms with Crippen molar-refractivity contribution in [2.24, 2.45) is 0 Å². The Morgan fingerprint density at radius 3 is 2.55 bits per heavy atom. The van der Waals surface area contributed by atoms with E-state index in [1.165, 1.54) is 5.57 Å². The highest BCUT2D eigenvalue weighted by Gasteiger charge is 1.84. The zero-order valence-electron chi connectivity index (χ0n) is 7.22. The van der Waals surface area contributed by atoms with Gasteiger partial charge in [-0.3, -0.25) is 0 Å². The van der Waals surface area contributed by atoms with E-state index in [4.69, 9.17) is 0 Å². The Hall–Kier alpha value is -1.04. The second-order valence-electron chi connectivity index (χ2n) is 2.26. The lowest BCUT2D eigenvalue weighted by molar-refractivity contribution is 1.16. The smallest absolute Gasteiger partial charge is 0.00977 e. The van der Waals surface area contributed by atoms with E-state index in [0.717, 1.165) is 12.8 Å². The van der Waals surface area contributed by atoms with Crippen LogP contribution in [0.4, 0.5) is 0 Å². The summed E-state index contributed by atoms with van der Waals surface area (Å²) < 4.78 is 0. The SMILES string of the molecule is C=CC=CCC(C=C)=CCC. The standard InChI is InChI=1S/C11H16/c1-4-7-8-10-11(6-3)9-5-2/h4,6-9H,1,3,5,10H2,2H3. The Kier molecular flexibility index (Phi) is 6.40. The first kappa shape index (κ1) is 9.96. The van der Waals surface area contributed by atoms with Crippen molar-refractivity contribution in [3.05, 3.63) is 49.1 Å². The molecule has 0 heteroatoms. The summed E-state index contributed by atoms with van der Waals surface area (Å²) >= 11 is 0. The minimum Gasteiger partial charge on any atom is -0.0991 e. The average molecular weight is 148 g/mol. The summed E-state index contributed by atoms with van der Waals surface area (Å²) in [7, 11) is 0. The molecule has 0 nitrogen and oxygen atoms in total. The molecule has 0 saturated carbocycles. The van der Waals surface area contributed by atoms with Gasteiger partial charge in [-0.05, 0) is 18.4 Å². The van der Waals surface area contributed by atoms with E-state index < -0.39 is 0 Å². The molecule has 0 aliphatic rings. The maximum atomic E-state index is 3.73. The predicted octanol–water partition coefficient (Wildman–Crippen LogP) is 3.64. The van der Waals surface area contributed by atoms with Crippen LogP contribution in [0, 0.1) is 0 Å². The minimum absolute atomic E-state index is 0.962. The average Bonchev–Trinajstić information content (AvgIpc) is 2.03. The zero-order valence-corrected chi connectivity index (χ0v) is 7.22. The molecule has 0 aliphatic carbocycles. The highest BCUT2D eigenvalue weighted by Crippen LogP contribution is 2.04. The lowest BCUT2D eigenvalue weighted by atomic mass is 10.1. The molecule has 0 aromatic heterocycles. The fraction of sp³-hybridized carbons (Fsp3) is 0.273. The molecule has 0 N–H and O–H groups in total. The first-order chi connectivity index (χ1) is 5.35. The molecule has 0 unspecified atom stereocenters. The topological polar surface area (TPSA) is 0 Å². The second kappa shape index (κ2) is 7.07. The Morgan fingerprint density at radius 2 is 2.09 bits per heavy atom. The molecular weight excluding hydrogens is 132 g/mol. The third-order valence-corrected chi connectivity index (χ3v) is 1.35. The van der Waals surface area contributed by atoms with E-state index in [1.54, 1.807) is 6.08 Å². The molecule has 0 atom stereocenters. The Balaban J connectivity index is 3.88. The van der Waals surface area contributed by atoms with Crippen molar-refractivity contribution in [2.75, 3.05) is 0 Å². The van der Waals surface area contributed by atoms with Crippen molar-refractivity contribution < 1.29 is 0 Å². The van der Waals surface area contributed by atoms with E-state index >= 15 is 0 Å². The molecule has 0 fully saturated rings. The van der Waals surface area contributed by atoms with Gasteiger partial charge in [0.1, 0.15) is 0 Å². The molecular formula is C11H16. The van der Waals surface area contributed by atoms with Crippen molar-refractivity contribution in [2.45, 2.75) is 19.8 Å². The lowest BCUT2D eigenvalue weighted by Gasteiger charge is -1.93. The molecule has 0 amide bonds. The van der Waals surface area contributed by atoms with E-state index in [-0.39, 0.29) is 0 Å². The molecule has 0 aliphatic heterocycles. The van der Waals surface area contributed by atoms with Gasteiger partial charge in [0.15, 0.2) is 0 Å². The van der Waals surface area contributed by atoms with Gasteiger partial charge in [-0.1, -0.05) is 50.5 Å². The number of rotatable bonds is 5. The maximum absolute atomic E-state index is 3.73. The molecule has 11 heavy (non-hydrogen) atoms. The van der Waals surface area contributed by atoms with Gasteiger partial charge in [-0.25, -0.2) is 0 Å². The maximum Gasteiger partial charge on any atom is -0.00977 e. The van der Waals surface area contributed by atoms with Crippen LogP contribution < -0.4 is 0 Å². The largest absolute Gasteiger partial charge is 0.0991 e. The van der Waals surface area contributed by atoms with Gasteiger partial charge in [0.2, 0.25) is 0 Å². The van der Waals surface area contributed by atoms with Crippen molar-refractivity contribution in [1.82, 2.24) is 0 Å². The molecule has 0 saturated heterocycles. The second-order valence-corrected chi connectivity index (χ2v) is 2.26. The summed E-state index contributed by atoms with van der Waals surface area (Å²) in [5.74, 6) is 0. The third-order valence-electron chi connectivity index (χ3n) is 1.35. The summed E-state index contributed by atoms with van der Waals surface area (Å²) in [4.78, 5) is 0. The van der Waals surface area contributed by atoms with Crippen LogP contribution in [0.15, 0.2) is 49.1 Å².